The predicted octanol–water partition coefficient (Wildman–Crippen LogP) is 3.53. The van der Waals surface area contributed by atoms with E-state index in [0.717, 1.165) is 11.5 Å². The van der Waals surface area contributed by atoms with Crippen LogP contribution in [0.1, 0.15) is 49.2 Å². The summed E-state index contributed by atoms with van der Waals surface area (Å²) in [5.41, 5.74) is 6.84. The summed E-state index contributed by atoms with van der Waals surface area (Å²) in [5, 5.41) is 4.31. The van der Waals surface area contributed by atoms with Crippen molar-refractivity contribution in [2.24, 2.45) is 5.41 Å². The van der Waals surface area contributed by atoms with Crippen LogP contribution in [-0.2, 0) is 0 Å². The van der Waals surface area contributed by atoms with Crippen molar-refractivity contribution in [2.45, 2.75) is 39.5 Å². The molecule has 0 atom stereocenters. The Morgan fingerprint density at radius 1 is 1.53 bits per heavy atom. The van der Waals surface area contributed by atoms with Gasteiger partial charge in [0.05, 0.1) is 17.7 Å². The molecule has 1 heterocycles. The Morgan fingerprint density at radius 3 is 2.63 bits per heavy atom. The zero-order chi connectivity index (χ0) is 14.0. The van der Waals surface area contributed by atoms with Crippen LogP contribution >= 0.6 is 11.3 Å². The number of thiophene rings is 1. The Morgan fingerprint density at radius 2 is 2.21 bits per heavy atom. The van der Waals surface area contributed by atoms with Crippen LogP contribution in [0.5, 0.6) is 5.75 Å². The topological polar surface area (TPSA) is 64.4 Å². The summed E-state index contributed by atoms with van der Waals surface area (Å²) in [4.78, 5) is 12.1. The minimum Gasteiger partial charge on any atom is -0.492 e. The zero-order valence-corrected chi connectivity index (χ0v) is 12.7. The molecule has 0 spiro atoms. The number of methoxy groups -OCH3 is 1. The molecular weight excluding hydrogens is 260 g/mol. The first kappa shape index (κ1) is 14.2. The normalized spacial score (nSPS) is 16.8. The van der Waals surface area contributed by atoms with E-state index in [1.165, 1.54) is 43.9 Å². The average Bonchev–Trinajstić information content (AvgIpc) is 2.65. The third-order valence-electron chi connectivity index (χ3n) is 4.21. The van der Waals surface area contributed by atoms with Crippen molar-refractivity contribution in [3.8, 4) is 5.75 Å². The van der Waals surface area contributed by atoms with Gasteiger partial charge in [-0.15, -0.1) is 11.3 Å². The van der Waals surface area contributed by atoms with Gasteiger partial charge in [-0.1, -0.05) is 13.3 Å². The first-order valence-corrected chi connectivity index (χ1v) is 7.55. The number of nitrogens with one attached hydrogen (secondary N) is 1. The maximum atomic E-state index is 11.5. The lowest BCUT2D eigenvalue weighted by Crippen LogP contribution is -2.35. The summed E-state index contributed by atoms with van der Waals surface area (Å²) < 4.78 is 5.33. The van der Waals surface area contributed by atoms with Crippen LogP contribution in [0.25, 0.3) is 0 Å². The molecule has 1 aliphatic rings. The third kappa shape index (κ3) is 2.56. The first-order chi connectivity index (χ1) is 9.03. The Hall–Kier alpha value is -1.23. The van der Waals surface area contributed by atoms with E-state index < -0.39 is 0 Å². The van der Waals surface area contributed by atoms with E-state index in [9.17, 15) is 4.79 Å². The maximum Gasteiger partial charge on any atom is 0.176 e. The van der Waals surface area contributed by atoms with Crippen LogP contribution in [0.2, 0.25) is 0 Å². The molecule has 2 rings (SSSR count). The summed E-state index contributed by atoms with van der Waals surface area (Å²) in [5.74, 6) is 0.600. The summed E-state index contributed by atoms with van der Waals surface area (Å²) in [6, 6.07) is 0. The second-order valence-corrected chi connectivity index (χ2v) is 6.34. The predicted molar refractivity (Wildman–Crippen MR) is 80.4 cm³/mol. The fraction of sp³-hybridized carbons (Fsp3) is 0.643. The molecule has 1 fully saturated rings. The van der Waals surface area contributed by atoms with E-state index in [0.29, 0.717) is 21.7 Å². The number of hydrogen-bond acceptors (Lipinski definition) is 5. The van der Waals surface area contributed by atoms with Crippen LogP contribution < -0.4 is 15.8 Å². The van der Waals surface area contributed by atoms with Crippen molar-refractivity contribution >= 4 is 27.8 Å². The lowest BCUT2D eigenvalue weighted by molar-refractivity contribution is 0.102. The molecule has 0 radical (unpaired) electrons. The number of hydrogen-bond donors (Lipinski definition) is 2. The molecule has 1 aromatic rings. The van der Waals surface area contributed by atoms with Crippen LogP contribution in [0.3, 0.4) is 0 Å². The summed E-state index contributed by atoms with van der Waals surface area (Å²) in [7, 11) is 1.59. The summed E-state index contributed by atoms with van der Waals surface area (Å²) in [6.45, 7) is 4.70. The van der Waals surface area contributed by atoms with Crippen molar-refractivity contribution in [2.75, 3.05) is 24.7 Å². The maximum absolute atomic E-state index is 11.5. The number of rotatable bonds is 6. The molecular formula is C14H22N2O2S. The molecule has 0 aliphatic heterocycles. The van der Waals surface area contributed by atoms with Gasteiger partial charge < -0.3 is 15.8 Å². The molecule has 0 bridgehead atoms. The van der Waals surface area contributed by atoms with E-state index in [1.807, 2.05) is 0 Å². The highest BCUT2D eigenvalue weighted by Crippen LogP contribution is 2.47. The van der Waals surface area contributed by atoms with Gasteiger partial charge in [0.1, 0.15) is 5.00 Å². The van der Waals surface area contributed by atoms with Gasteiger partial charge in [0.15, 0.2) is 11.5 Å². The van der Waals surface area contributed by atoms with Gasteiger partial charge in [-0.05, 0) is 24.7 Å². The molecule has 1 aromatic heterocycles. The molecule has 19 heavy (non-hydrogen) atoms. The van der Waals surface area contributed by atoms with Crippen molar-refractivity contribution in [1.29, 1.82) is 0 Å². The minimum atomic E-state index is -0.0114. The molecule has 3 N–H and O–H groups in total. The monoisotopic (exact) mass is 282 g/mol. The quantitative estimate of drug-likeness (QED) is 0.783. The number of ketones is 1. The van der Waals surface area contributed by atoms with Crippen molar-refractivity contribution in [1.82, 2.24) is 0 Å². The van der Waals surface area contributed by atoms with Gasteiger partial charge in [-0.2, -0.15) is 0 Å². The molecule has 0 unspecified atom stereocenters. The van der Waals surface area contributed by atoms with Crippen molar-refractivity contribution in [3.05, 3.63) is 4.88 Å². The standard InChI is InChI=1S/C14H22N2O2S/c1-4-14(6-5-7-14)8-16-13-11(18-3)10(15)12(19-13)9(2)17/h16H,4-8,15H2,1-3H3. The second kappa shape index (κ2) is 5.41. The molecule has 5 heteroatoms. The zero-order valence-electron chi connectivity index (χ0n) is 11.8. The summed E-state index contributed by atoms with van der Waals surface area (Å²) in [6.07, 6.45) is 5.05. The van der Waals surface area contributed by atoms with Crippen LogP contribution in [0.15, 0.2) is 0 Å². The lowest BCUT2D eigenvalue weighted by atomic mass is 9.67. The average molecular weight is 282 g/mol. The lowest BCUT2D eigenvalue weighted by Gasteiger charge is -2.41. The number of carbonyl (C=O) groups excluding carboxylic acids is 1. The van der Waals surface area contributed by atoms with Gasteiger partial charge in [-0.3, -0.25) is 4.79 Å². The van der Waals surface area contributed by atoms with Gasteiger partial charge in [0.2, 0.25) is 0 Å². The van der Waals surface area contributed by atoms with E-state index in [1.54, 1.807) is 7.11 Å². The second-order valence-electron chi connectivity index (χ2n) is 5.32. The Labute approximate surface area is 118 Å². The first-order valence-electron chi connectivity index (χ1n) is 6.74. The number of carbonyl (C=O) groups is 1. The highest BCUT2D eigenvalue weighted by atomic mass is 32.1. The molecule has 0 amide bonds. The SMILES string of the molecule is CCC1(CNc2sc(C(C)=O)c(N)c2OC)CCC1. The van der Waals surface area contributed by atoms with Gasteiger partial charge >= 0.3 is 0 Å². The van der Waals surface area contributed by atoms with Gasteiger partial charge in [0.25, 0.3) is 0 Å². The molecule has 0 aromatic carbocycles. The van der Waals surface area contributed by atoms with Crippen molar-refractivity contribution in [3.63, 3.8) is 0 Å². The van der Waals surface area contributed by atoms with E-state index >= 15 is 0 Å². The molecule has 1 saturated carbocycles. The fourth-order valence-electron chi connectivity index (χ4n) is 2.61. The highest BCUT2D eigenvalue weighted by Gasteiger charge is 2.35. The Balaban J connectivity index is 2.15. The third-order valence-corrected chi connectivity index (χ3v) is 5.46. The van der Waals surface area contributed by atoms with E-state index in [4.69, 9.17) is 10.5 Å². The fourth-order valence-corrected chi connectivity index (χ4v) is 3.59. The molecule has 1 aliphatic carbocycles. The number of ether oxygens (including phenoxy) is 1. The van der Waals surface area contributed by atoms with E-state index in [-0.39, 0.29) is 5.78 Å². The van der Waals surface area contributed by atoms with Crippen LogP contribution in [0.4, 0.5) is 10.7 Å². The minimum absolute atomic E-state index is 0.0114. The number of nitrogen functional groups attached to an aromatic ring is 1. The van der Waals surface area contributed by atoms with Crippen molar-refractivity contribution < 1.29 is 9.53 Å². The van der Waals surface area contributed by atoms with Crippen LogP contribution in [-0.4, -0.2) is 19.4 Å². The van der Waals surface area contributed by atoms with Crippen LogP contribution in [0, 0.1) is 5.41 Å². The van der Waals surface area contributed by atoms with Gasteiger partial charge in [0, 0.05) is 13.5 Å². The summed E-state index contributed by atoms with van der Waals surface area (Å²) >= 11 is 1.39. The highest BCUT2D eigenvalue weighted by molar-refractivity contribution is 7.19. The molecule has 4 nitrogen and oxygen atoms in total. The smallest absolute Gasteiger partial charge is 0.176 e. The molecule has 106 valence electrons. The Kier molecular flexibility index (Phi) is 4.04. The van der Waals surface area contributed by atoms with Gasteiger partial charge in [-0.25, -0.2) is 0 Å². The Bertz CT molecular complexity index is 473. The number of Topliss-reactive ketones (excluding diaryl/α,β-unsaturated/α-hetero) is 1. The largest absolute Gasteiger partial charge is 0.492 e. The number of nitrogens with two attached hydrogens (primary N) is 1. The van der Waals surface area contributed by atoms with E-state index in [2.05, 4.69) is 12.2 Å². The molecule has 0 saturated heterocycles. The number of anilines is 2.